The first kappa shape index (κ1) is 20.3. The summed E-state index contributed by atoms with van der Waals surface area (Å²) in [6.45, 7) is 2.28. The van der Waals surface area contributed by atoms with Crippen molar-refractivity contribution in [3.05, 3.63) is 70.8 Å². The van der Waals surface area contributed by atoms with Crippen molar-refractivity contribution in [1.82, 2.24) is 10.2 Å². The second-order valence-corrected chi connectivity index (χ2v) is 6.68. The highest BCUT2D eigenvalue weighted by Crippen LogP contribution is 2.24. The molecule has 1 N–H and O–H groups in total. The predicted octanol–water partition coefficient (Wildman–Crippen LogP) is 2.21. The average molecular weight is 394 g/mol. The van der Waals surface area contributed by atoms with E-state index in [1.54, 1.807) is 0 Å². The zero-order valence-corrected chi connectivity index (χ0v) is 16.1. The lowest BCUT2D eigenvalue weighted by atomic mass is 10.1. The lowest BCUT2D eigenvalue weighted by molar-refractivity contribution is -0.124. The number of carbonyl (C=O) groups is 4. The maximum Gasteiger partial charge on any atom is 0.338 e. The standard InChI is InChI=1S/C22H22N2O5/c1-2-11-23-19(25)14-29-22(28)16-8-9-17-18(13-16)21(27)24(20(17)26)12-10-15-6-4-3-5-7-15/h3-9,13H,2,10-12,14H2,1H3,(H,23,25). The second kappa shape index (κ2) is 9.14. The van der Waals surface area contributed by atoms with Gasteiger partial charge in [-0.1, -0.05) is 37.3 Å². The maximum absolute atomic E-state index is 12.7. The van der Waals surface area contributed by atoms with Gasteiger partial charge in [0.2, 0.25) is 0 Å². The highest BCUT2D eigenvalue weighted by Gasteiger charge is 2.35. The second-order valence-electron chi connectivity index (χ2n) is 6.68. The molecule has 0 saturated carbocycles. The molecule has 0 atom stereocenters. The molecule has 0 radical (unpaired) electrons. The Morgan fingerprint density at radius 3 is 2.45 bits per heavy atom. The molecule has 0 spiro atoms. The highest BCUT2D eigenvalue weighted by atomic mass is 16.5. The minimum atomic E-state index is -0.720. The predicted molar refractivity (Wildman–Crippen MR) is 106 cm³/mol. The third-order valence-corrected chi connectivity index (χ3v) is 4.58. The maximum atomic E-state index is 12.7. The smallest absolute Gasteiger partial charge is 0.338 e. The van der Waals surface area contributed by atoms with Crippen molar-refractivity contribution in [3.63, 3.8) is 0 Å². The molecule has 1 heterocycles. The summed E-state index contributed by atoms with van der Waals surface area (Å²) in [6, 6.07) is 13.8. The average Bonchev–Trinajstić information content (AvgIpc) is 2.99. The fourth-order valence-electron chi connectivity index (χ4n) is 3.04. The van der Waals surface area contributed by atoms with Gasteiger partial charge in [-0.15, -0.1) is 0 Å². The number of esters is 1. The van der Waals surface area contributed by atoms with E-state index in [-0.39, 0.29) is 35.0 Å². The van der Waals surface area contributed by atoms with Gasteiger partial charge >= 0.3 is 5.97 Å². The van der Waals surface area contributed by atoms with Crippen LogP contribution >= 0.6 is 0 Å². The number of amides is 3. The van der Waals surface area contributed by atoms with E-state index >= 15 is 0 Å². The topological polar surface area (TPSA) is 92.8 Å². The first-order chi connectivity index (χ1) is 14.0. The van der Waals surface area contributed by atoms with Crippen LogP contribution in [0.15, 0.2) is 48.5 Å². The SMILES string of the molecule is CCCNC(=O)COC(=O)c1ccc2c(c1)C(=O)N(CCc1ccccc1)C2=O. The molecule has 3 rings (SSSR count). The van der Waals surface area contributed by atoms with Gasteiger partial charge in [0.1, 0.15) is 0 Å². The zero-order chi connectivity index (χ0) is 20.8. The number of benzene rings is 2. The molecule has 0 unspecified atom stereocenters. The van der Waals surface area contributed by atoms with E-state index in [1.807, 2.05) is 37.3 Å². The molecule has 0 fully saturated rings. The van der Waals surface area contributed by atoms with Gasteiger partial charge in [-0.3, -0.25) is 19.3 Å². The van der Waals surface area contributed by atoms with Gasteiger partial charge in [-0.25, -0.2) is 4.79 Å². The Hall–Kier alpha value is -3.48. The van der Waals surface area contributed by atoms with E-state index in [1.165, 1.54) is 23.1 Å². The van der Waals surface area contributed by atoms with Gasteiger partial charge < -0.3 is 10.1 Å². The molecular formula is C22H22N2O5. The van der Waals surface area contributed by atoms with E-state index < -0.39 is 18.5 Å². The summed E-state index contributed by atoms with van der Waals surface area (Å²) in [4.78, 5) is 50.2. The molecule has 0 bridgehead atoms. The molecule has 7 heteroatoms. The summed E-state index contributed by atoms with van der Waals surface area (Å²) in [5.74, 6) is -1.92. The highest BCUT2D eigenvalue weighted by molar-refractivity contribution is 6.22. The molecule has 2 aromatic rings. The monoisotopic (exact) mass is 394 g/mol. The van der Waals surface area contributed by atoms with Crippen LogP contribution in [0.5, 0.6) is 0 Å². The van der Waals surface area contributed by atoms with Crippen molar-refractivity contribution < 1.29 is 23.9 Å². The summed E-state index contributed by atoms with van der Waals surface area (Å²) >= 11 is 0. The van der Waals surface area contributed by atoms with Crippen LogP contribution in [0.4, 0.5) is 0 Å². The molecule has 0 aromatic heterocycles. The van der Waals surface area contributed by atoms with Crippen LogP contribution in [0.2, 0.25) is 0 Å². The summed E-state index contributed by atoms with van der Waals surface area (Å²) < 4.78 is 4.98. The van der Waals surface area contributed by atoms with Gasteiger partial charge in [0, 0.05) is 13.1 Å². The van der Waals surface area contributed by atoms with Gasteiger partial charge in [0.25, 0.3) is 17.7 Å². The van der Waals surface area contributed by atoms with Crippen LogP contribution < -0.4 is 5.32 Å². The quantitative estimate of drug-likeness (QED) is 0.547. The van der Waals surface area contributed by atoms with Crippen molar-refractivity contribution in [3.8, 4) is 0 Å². The molecule has 1 aliphatic rings. The fraction of sp³-hybridized carbons (Fsp3) is 0.273. The molecule has 3 amide bonds. The molecule has 2 aromatic carbocycles. The number of imide groups is 1. The number of nitrogens with one attached hydrogen (secondary N) is 1. The number of rotatable bonds is 8. The Morgan fingerprint density at radius 1 is 1.00 bits per heavy atom. The van der Waals surface area contributed by atoms with E-state index in [0.717, 1.165) is 12.0 Å². The van der Waals surface area contributed by atoms with Gasteiger partial charge in [-0.2, -0.15) is 0 Å². The molecule has 29 heavy (non-hydrogen) atoms. The third-order valence-electron chi connectivity index (χ3n) is 4.58. The third kappa shape index (κ3) is 4.68. The van der Waals surface area contributed by atoms with E-state index in [0.29, 0.717) is 13.0 Å². The van der Waals surface area contributed by atoms with Crippen LogP contribution in [0, 0.1) is 0 Å². The number of fused-ring (bicyclic) bond motifs is 1. The van der Waals surface area contributed by atoms with Gasteiger partial charge in [0.15, 0.2) is 6.61 Å². The van der Waals surface area contributed by atoms with Crippen LogP contribution in [0.1, 0.15) is 50.0 Å². The minimum absolute atomic E-state index is 0.123. The Balaban J connectivity index is 1.65. The molecule has 1 aliphatic heterocycles. The van der Waals surface area contributed by atoms with Crippen molar-refractivity contribution >= 4 is 23.7 Å². The van der Waals surface area contributed by atoms with Crippen LogP contribution in [0.25, 0.3) is 0 Å². The number of nitrogens with zero attached hydrogens (tertiary/aromatic N) is 1. The van der Waals surface area contributed by atoms with E-state index in [4.69, 9.17) is 4.74 Å². The summed E-state index contributed by atoms with van der Waals surface area (Å²) in [6.07, 6.45) is 1.33. The van der Waals surface area contributed by atoms with Crippen molar-refractivity contribution in [2.45, 2.75) is 19.8 Å². The number of ether oxygens (including phenoxy) is 1. The number of carbonyl (C=O) groups excluding carboxylic acids is 4. The van der Waals surface area contributed by atoms with Crippen molar-refractivity contribution in [2.75, 3.05) is 19.7 Å². The molecule has 0 saturated heterocycles. The van der Waals surface area contributed by atoms with Gasteiger partial charge in [-0.05, 0) is 36.6 Å². The summed E-state index contributed by atoms with van der Waals surface area (Å²) in [5.41, 5.74) is 1.58. The Morgan fingerprint density at radius 2 is 1.72 bits per heavy atom. The summed E-state index contributed by atoms with van der Waals surface area (Å²) in [7, 11) is 0. The van der Waals surface area contributed by atoms with Crippen molar-refractivity contribution in [1.29, 1.82) is 0 Å². The minimum Gasteiger partial charge on any atom is -0.452 e. The van der Waals surface area contributed by atoms with E-state index in [2.05, 4.69) is 5.32 Å². The fourth-order valence-corrected chi connectivity index (χ4v) is 3.04. The van der Waals surface area contributed by atoms with E-state index in [9.17, 15) is 19.2 Å². The number of hydrogen-bond donors (Lipinski definition) is 1. The van der Waals surface area contributed by atoms with Gasteiger partial charge in [0.05, 0.1) is 16.7 Å². The first-order valence-electron chi connectivity index (χ1n) is 9.49. The number of hydrogen-bond acceptors (Lipinski definition) is 5. The van der Waals surface area contributed by atoms with Crippen LogP contribution in [-0.2, 0) is 16.0 Å². The van der Waals surface area contributed by atoms with Crippen molar-refractivity contribution in [2.24, 2.45) is 0 Å². The lowest BCUT2D eigenvalue weighted by Crippen LogP contribution is -2.31. The van der Waals surface area contributed by atoms with Crippen LogP contribution in [0.3, 0.4) is 0 Å². The molecular weight excluding hydrogens is 372 g/mol. The Kier molecular flexibility index (Phi) is 6.39. The Bertz CT molecular complexity index is 939. The normalized spacial score (nSPS) is 12.7. The first-order valence-corrected chi connectivity index (χ1v) is 9.49. The largest absolute Gasteiger partial charge is 0.452 e. The lowest BCUT2D eigenvalue weighted by Gasteiger charge is -2.13. The molecule has 7 nitrogen and oxygen atoms in total. The summed E-state index contributed by atoms with van der Waals surface area (Å²) in [5, 5.41) is 2.61. The Labute approximate surface area is 168 Å². The molecule has 150 valence electrons. The van der Waals surface area contributed by atoms with Crippen LogP contribution in [-0.4, -0.2) is 48.3 Å². The molecule has 0 aliphatic carbocycles. The zero-order valence-electron chi connectivity index (χ0n) is 16.1.